The number of carboxylic acids is 1. The molecule has 0 aromatic heterocycles. The molecule has 0 N–H and O–H groups in total. The molecule has 9 nitrogen and oxygen atoms in total. The van der Waals surface area contributed by atoms with Gasteiger partial charge in [0.1, 0.15) is 13.2 Å². The lowest BCUT2D eigenvalue weighted by molar-refractivity contribution is -0.870. The van der Waals surface area contributed by atoms with E-state index >= 15 is 0 Å². The van der Waals surface area contributed by atoms with E-state index < -0.39 is 24.3 Å². The molecule has 0 bridgehead atoms. The minimum atomic E-state index is -1.62. The highest BCUT2D eigenvalue weighted by atomic mass is 16.7. The van der Waals surface area contributed by atoms with E-state index in [0.29, 0.717) is 23.9 Å². The highest BCUT2D eigenvalue weighted by molar-refractivity contribution is 5.70. The lowest BCUT2D eigenvalue weighted by Crippen LogP contribution is -2.44. The monoisotopic (exact) mass is 1270 g/mol. The first-order valence-corrected chi connectivity index (χ1v) is 38.7. The Bertz CT molecular complexity index is 1770. The maximum atomic E-state index is 13.0. The van der Waals surface area contributed by atoms with Gasteiger partial charge in [0.25, 0.3) is 0 Å². The summed E-state index contributed by atoms with van der Waals surface area (Å²) in [6.45, 7) is 4.68. The van der Waals surface area contributed by atoms with E-state index in [2.05, 4.69) is 98.9 Å². The molecule has 0 aromatic carbocycles. The zero-order valence-corrected chi connectivity index (χ0v) is 60.5. The molecular weight excluding hydrogens is 1130 g/mol. The van der Waals surface area contributed by atoms with Crippen LogP contribution in [-0.2, 0) is 33.3 Å². The predicted molar refractivity (Wildman–Crippen MR) is 389 cm³/mol. The first kappa shape index (κ1) is 87.5. The molecule has 9 heteroatoms. The number of hydrogen-bond acceptors (Lipinski definition) is 8. The lowest BCUT2D eigenvalue weighted by Gasteiger charge is -2.26. The molecule has 0 amide bonds. The second-order valence-electron chi connectivity index (χ2n) is 27.3. The van der Waals surface area contributed by atoms with Crippen LogP contribution < -0.4 is 5.11 Å². The molecule has 0 saturated heterocycles. The maximum Gasteiger partial charge on any atom is 0.306 e. The van der Waals surface area contributed by atoms with Gasteiger partial charge in [0, 0.05) is 12.8 Å². The van der Waals surface area contributed by atoms with Crippen LogP contribution in [-0.4, -0.2) is 82.3 Å². The van der Waals surface area contributed by atoms with Crippen LogP contribution in [0.15, 0.2) is 85.1 Å². The molecule has 91 heavy (non-hydrogen) atoms. The van der Waals surface area contributed by atoms with Crippen LogP contribution in [0, 0.1) is 0 Å². The highest BCUT2D eigenvalue weighted by Gasteiger charge is 2.22. The van der Waals surface area contributed by atoms with Gasteiger partial charge >= 0.3 is 11.9 Å². The molecule has 0 aliphatic carbocycles. The number of hydrogen-bond donors (Lipinski definition) is 0. The number of rotatable bonds is 72. The molecule has 0 radical (unpaired) electrons. The second-order valence-corrected chi connectivity index (χ2v) is 27.3. The number of allylic oxidation sites excluding steroid dienone is 14. The molecule has 0 heterocycles. The minimum Gasteiger partial charge on any atom is -0.545 e. The van der Waals surface area contributed by atoms with Crippen LogP contribution in [0.2, 0.25) is 0 Å². The van der Waals surface area contributed by atoms with Gasteiger partial charge in [-0.2, -0.15) is 0 Å². The normalized spacial score (nSPS) is 13.1. The van der Waals surface area contributed by atoms with Gasteiger partial charge in [-0.05, 0) is 89.9 Å². The Morgan fingerprint density at radius 1 is 0.341 bits per heavy atom. The van der Waals surface area contributed by atoms with Gasteiger partial charge in [-0.15, -0.1) is 0 Å². The molecule has 0 aliphatic heterocycles. The van der Waals surface area contributed by atoms with E-state index in [4.69, 9.17) is 18.9 Å². The van der Waals surface area contributed by atoms with Crippen molar-refractivity contribution in [1.82, 2.24) is 0 Å². The Balaban J connectivity index is 4.02. The van der Waals surface area contributed by atoms with Crippen molar-refractivity contribution < 1.29 is 42.9 Å². The fraction of sp³-hybridized carbons (Fsp3) is 0.793. The molecular formula is C82H147NO8. The second kappa shape index (κ2) is 72.3. The van der Waals surface area contributed by atoms with Gasteiger partial charge in [-0.1, -0.05) is 343 Å². The molecule has 0 aromatic rings. The average Bonchev–Trinajstić information content (AvgIpc) is 3.46. The predicted octanol–water partition coefficient (Wildman–Crippen LogP) is 23.3. The third kappa shape index (κ3) is 73.7. The van der Waals surface area contributed by atoms with Gasteiger partial charge in [0.15, 0.2) is 12.4 Å². The Labute approximate surface area is 563 Å². The summed E-state index contributed by atoms with van der Waals surface area (Å²) >= 11 is 0. The summed E-state index contributed by atoms with van der Waals surface area (Å²) in [7, 11) is 5.94. The average molecular weight is 1280 g/mol. The van der Waals surface area contributed by atoms with Gasteiger partial charge in [-0.25, -0.2) is 0 Å². The molecule has 0 saturated carbocycles. The summed E-state index contributed by atoms with van der Waals surface area (Å²) in [6.07, 6.45) is 95.5. The van der Waals surface area contributed by atoms with Gasteiger partial charge in [0.2, 0.25) is 0 Å². The zero-order chi connectivity index (χ0) is 66.1. The van der Waals surface area contributed by atoms with Crippen LogP contribution in [0.3, 0.4) is 0 Å². The van der Waals surface area contributed by atoms with Crippen molar-refractivity contribution in [3.05, 3.63) is 85.1 Å². The van der Waals surface area contributed by atoms with E-state index in [1.54, 1.807) is 0 Å². The Morgan fingerprint density at radius 3 is 0.934 bits per heavy atom. The standard InChI is InChI=1S/C82H147NO8/c1-6-8-10-12-14-16-18-20-22-24-26-28-30-32-34-36-38-40-42-44-46-48-50-52-54-56-58-60-62-64-66-68-70-72-79(84)89-76-78(77-90-82(81(86)87)88-75-74-83(3,4)5)91-80(85)73-71-69-67-65-63-61-59-57-55-53-51-49-47-45-43-41-39-37-35-33-31-29-27-25-23-21-19-17-15-13-11-9-7-2/h9,11,15,17-18,20-21,23-24,26-27,29-30,32,78,82H,6-8,10,12-14,16,19,22,25,28,31,33-77H2,1-5H3/b11-9-,17-15-,20-18-,23-21-,26-24-,29-27-,32-30-. The van der Waals surface area contributed by atoms with Crippen molar-refractivity contribution in [2.24, 2.45) is 0 Å². The quantitative estimate of drug-likeness (QED) is 0.0195. The Hall–Kier alpha value is -3.53. The summed E-state index contributed by atoms with van der Waals surface area (Å²) in [4.78, 5) is 37.6. The van der Waals surface area contributed by atoms with Gasteiger partial charge in [0.05, 0.1) is 40.3 Å². The molecule has 0 aliphatic rings. The van der Waals surface area contributed by atoms with Crippen molar-refractivity contribution in [3.8, 4) is 0 Å². The van der Waals surface area contributed by atoms with Gasteiger partial charge in [-0.3, -0.25) is 9.59 Å². The number of unbranched alkanes of at least 4 members (excludes halogenated alkanes) is 43. The molecule has 2 unspecified atom stereocenters. The third-order valence-electron chi connectivity index (χ3n) is 17.1. The summed E-state index contributed by atoms with van der Waals surface area (Å²) in [5.74, 6) is -2.26. The summed E-state index contributed by atoms with van der Waals surface area (Å²) < 4.78 is 22.9. The number of nitrogens with zero attached hydrogens (tertiary/aromatic N) is 1. The molecule has 0 rings (SSSR count). The number of esters is 2. The number of aliphatic carboxylic acids is 1. The number of likely N-dealkylation sites (N-methyl/N-ethyl adjacent to an activating group) is 1. The fourth-order valence-electron chi connectivity index (χ4n) is 11.2. The van der Waals surface area contributed by atoms with Crippen molar-refractivity contribution >= 4 is 17.9 Å². The SMILES string of the molecule is CC/C=C\C/C=C\C/C=C\C/C=C\CCCCCCCCCCCCCCCCCCCCCCC(=O)OC(COC(=O)CCCCCCCCCCCCCCCCCCCC/C=C\C/C=C\C/C=C\CCCCCCC)COC(OCC[N+](C)(C)C)C(=O)[O-]. The summed E-state index contributed by atoms with van der Waals surface area (Å²) in [6, 6.07) is 0. The minimum absolute atomic E-state index is 0.148. The first-order chi connectivity index (χ1) is 44.6. The number of carbonyl (C=O) groups is 3. The van der Waals surface area contributed by atoms with Crippen LogP contribution in [0.5, 0.6) is 0 Å². The van der Waals surface area contributed by atoms with E-state index in [1.165, 1.54) is 257 Å². The zero-order valence-electron chi connectivity index (χ0n) is 60.5. The van der Waals surface area contributed by atoms with Crippen LogP contribution in [0.4, 0.5) is 0 Å². The largest absolute Gasteiger partial charge is 0.545 e. The Kier molecular flexibility index (Phi) is 69.5. The summed E-state index contributed by atoms with van der Waals surface area (Å²) in [5.41, 5.74) is 0. The lowest BCUT2D eigenvalue weighted by atomic mass is 10.0. The fourth-order valence-corrected chi connectivity index (χ4v) is 11.2. The van der Waals surface area contributed by atoms with Crippen molar-refractivity contribution in [2.45, 2.75) is 373 Å². The molecule has 528 valence electrons. The van der Waals surface area contributed by atoms with Crippen molar-refractivity contribution in [1.29, 1.82) is 0 Å². The molecule has 0 fully saturated rings. The highest BCUT2D eigenvalue weighted by Crippen LogP contribution is 2.19. The van der Waals surface area contributed by atoms with E-state index in [0.717, 1.165) is 70.6 Å². The maximum absolute atomic E-state index is 13.0. The van der Waals surface area contributed by atoms with E-state index in [1.807, 2.05) is 21.1 Å². The topological polar surface area (TPSA) is 111 Å². The number of quaternary nitrogens is 1. The van der Waals surface area contributed by atoms with Crippen LogP contribution >= 0.6 is 0 Å². The van der Waals surface area contributed by atoms with E-state index in [9.17, 15) is 19.5 Å². The van der Waals surface area contributed by atoms with E-state index in [-0.39, 0.29) is 32.2 Å². The number of ether oxygens (including phenoxy) is 4. The van der Waals surface area contributed by atoms with Crippen LogP contribution in [0.25, 0.3) is 0 Å². The molecule has 2 atom stereocenters. The Morgan fingerprint density at radius 2 is 0.626 bits per heavy atom. The number of carbonyl (C=O) groups excluding carboxylic acids is 3. The smallest absolute Gasteiger partial charge is 0.306 e. The third-order valence-corrected chi connectivity index (χ3v) is 17.1. The number of carboxylic acid groups (broad SMARTS) is 1. The first-order valence-electron chi connectivity index (χ1n) is 38.7. The van der Waals surface area contributed by atoms with Crippen LogP contribution in [0.1, 0.15) is 361 Å². The van der Waals surface area contributed by atoms with Crippen molar-refractivity contribution in [3.63, 3.8) is 0 Å². The molecule has 0 spiro atoms. The van der Waals surface area contributed by atoms with Gasteiger partial charge < -0.3 is 33.3 Å². The summed E-state index contributed by atoms with van der Waals surface area (Å²) in [5, 5.41) is 11.9. The van der Waals surface area contributed by atoms with Crippen molar-refractivity contribution in [2.75, 3.05) is 47.5 Å².